The van der Waals surface area contributed by atoms with E-state index in [0.29, 0.717) is 38.4 Å². The quantitative estimate of drug-likeness (QED) is 0.324. The molecule has 1 heterocycles. The van der Waals surface area contributed by atoms with E-state index in [4.69, 9.17) is 11.6 Å². The number of fused-ring (bicyclic) bond motifs is 1. The highest BCUT2D eigenvalue weighted by atomic mass is 35.5. The predicted octanol–water partition coefficient (Wildman–Crippen LogP) is 6.02. The molecule has 4 rings (SSSR count). The summed E-state index contributed by atoms with van der Waals surface area (Å²) in [4.78, 5) is 28.3. The molecule has 6 nitrogen and oxygen atoms in total. The molecule has 0 fully saturated rings. The summed E-state index contributed by atoms with van der Waals surface area (Å²) in [5, 5.41) is 15.1. The third-order valence-electron chi connectivity index (χ3n) is 4.77. The Bertz CT molecular complexity index is 1290. The first-order valence-corrected chi connectivity index (χ1v) is 9.52. The molecule has 0 atom stereocenters. The van der Waals surface area contributed by atoms with Crippen LogP contribution < -0.4 is 5.32 Å². The number of benzene rings is 3. The molecule has 0 unspecified atom stereocenters. The van der Waals surface area contributed by atoms with Gasteiger partial charge in [-0.1, -0.05) is 41.9 Å². The maximum absolute atomic E-state index is 13.1. The molecule has 1 amide bonds. The van der Waals surface area contributed by atoms with Crippen molar-refractivity contribution in [1.82, 2.24) is 4.98 Å². The molecule has 148 valence electrons. The number of aromatic nitrogens is 1. The van der Waals surface area contributed by atoms with Crippen molar-refractivity contribution in [3.8, 4) is 11.3 Å². The molecule has 0 spiro atoms. The molecular formula is C23H16ClN3O3. The average Bonchev–Trinajstić information content (AvgIpc) is 2.74. The minimum Gasteiger partial charge on any atom is -0.322 e. The first kappa shape index (κ1) is 19.5. The number of nitrogens with one attached hydrogen (secondary N) is 1. The van der Waals surface area contributed by atoms with Gasteiger partial charge in [0.05, 0.1) is 21.7 Å². The number of amides is 1. The first-order valence-electron chi connectivity index (χ1n) is 9.14. The number of carbonyl (C=O) groups excluding carboxylic acids is 1. The van der Waals surface area contributed by atoms with Gasteiger partial charge in [-0.25, -0.2) is 4.98 Å². The Labute approximate surface area is 177 Å². The Hall–Kier alpha value is -3.77. The number of para-hydroxylation sites is 1. The molecule has 4 aromatic rings. The molecule has 0 aliphatic rings. The lowest BCUT2D eigenvalue weighted by atomic mass is 10.0. The van der Waals surface area contributed by atoms with Crippen LogP contribution in [0, 0.1) is 17.0 Å². The van der Waals surface area contributed by atoms with E-state index in [-0.39, 0.29) is 11.6 Å². The largest absolute Gasteiger partial charge is 0.322 e. The predicted molar refractivity (Wildman–Crippen MR) is 118 cm³/mol. The van der Waals surface area contributed by atoms with Crippen molar-refractivity contribution in [1.29, 1.82) is 0 Å². The van der Waals surface area contributed by atoms with Crippen LogP contribution in [0.5, 0.6) is 0 Å². The van der Waals surface area contributed by atoms with Crippen molar-refractivity contribution in [3.05, 3.63) is 99.1 Å². The number of rotatable bonds is 4. The molecule has 1 aromatic heterocycles. The molecule has 0 aliphatic heterocycles. The number of anilines is 1. The summed E-state index contributed by atoms with van der Waals surface area (Å²) >= 11 is 5.98. The SMILES string of the molecule is Cc1cc([N+](=O)[O-])ccc1NC(=O)c1cc(-c2ccc(Cl)cc2)nc2ccccc12. The van der Waals surface area contributed by atoms with E-state index < -0.39 is 4.92 Å². The second-order valence-electron chi connectivity index (χ2n) is 6.79. The standard InChI is InChI=1S/C23H16ClN3O3/c1-14-12-17(27(29)30)10-11-20(14)26-23(28)19-13-22(15-6-8-16(24)9-7-15)25-21-5-3-2-4-18(19)21/h2-13H,1H3,(H,26,28). The third-order valence-corrected chi connectivity index (χ3v) is 5.02. The van der Waals surface area contributed by atoms with Crippen LogP contribution in [-0.4, -0.2) is 15.8 Å². The normalized spacial score (nSPS) is 10.7. The summed E-state index contributed by atoms with van der Waals surface area (Å²) in [5.74, 6) is -0.319. The lowest BCUT2D eigenvalue weighted by Gasteiger charge is -2.12. The molecule has 7 heteroatoms. The summed E-state index contributed by atoms with van der Waals surface area (Å²) in [6.45, 7) is 1.71. The summed E-state index contributed by atoms with van der Waals surface area (Å²) in [5.41, 5.74) is 3.73. The summed E-state index contributed by atoms with van der Waals surface area (Å²) in [6.07, 6.45) is 0. The van der Waals surface area contributed by atoms with Gasteiger partial charge in [-0.2, -0.15) is 0 Å². The van der Waals surface area contributed by atoms with Crippen molar-refractivity contribution in [3.63, 3.8) is 0 Å². The van der Waals surface area contributed by atoms with Crippen LogP contribution in [0.3, 0.4) is 0 Å². The van der Waals surface area contributed by atoms with Crippen LogP contribution in [0.25, 0.3) is 22.2 Å². The number of halogens is 1. The monoisotopic (exact) mass is 417 g/mol. The van der Waals surface area contributed by atoms with Gasteiger partial charge in [0.1, 0.15) is 0 Å². The van der Waals surface area contributed by atoms with Crippen LogP contribution in [-0.2, 0) is 0 Å². The van der Waals surface area contributed by atoms with Gasteiger partial charge in [0.25, 0.3) is 11.6 Å². The van der Waals surface area contributed by atoms with E-state index in [1.165, 1.54) is 18.2 Å². The smallest absolute Gasteiger partial charge is 0.269 e. The highest BCUT2D eigenvalue weighted by Crippen LogP contribution is 2.27. The number of carbonyl (C=O) groups is 1. The maximum atomic E-state index is 13.1. The van der Waals surface area contributed by atoms with Gasteiger partial charge in [-0.15, -0.1) is 0 Å². The van der Waals surface area contributed by atoms with Gasteiger partial charge >= 0.3 is 0 Å². The van der Waals surface area contributed by atoms with Crippen molar-refractivity contribution >= 4 is 39.8 Å². The third kappa shape index (κ3) is 3.86. The van der Waals surface area contributed by atoms with E-state index in [9.17, 15) is 14.9 Å². The van der Waals surface area contributed by atoms with Crippen molar-refractivity contribution in [2.75, 3.05) is 5.32 Å². The zero-order chi connectivity index (χ0) is 21.3. The first-order chi connectivity index (χ1) is 14.4. The van der Waals surface area contributed by atoms with E-state index in [1.807, 2.05) is 36.4 Å². The molecule has 0 radical (unpaired) electrons. The number of nitrogens with zero attached hydrogens (tertiary/aromatic N) is 2. The molecule has 3 aromatic carbocycles. The summed E-state index contributed by atoms with van der Waals surface area (Å²) < 4.78 is 0. The van der Waals surface area contributed by atoms with Crippen LogP contribution in [0.15, 0.2) is 72.8 Å². The average molecular weight is 418 g/mol. The fourth-order valence-corrected chi connectivity index (χ4v) is 3.35. The Morgan fingerprint density at radius 2 is 1.77 bits per heavy atom. The van der Waals surface area contributed by atoms with Crippen LogP contribution in [0.1, 0.15) is 15.9 Å². The number of aryl methyl sites for hydroxylation is 1. The van der Waals surface area contributed by atoms with Gasteiger partial charge in [0.2, 0.25) is 0 Å². The van der Waals surface area contributed by atoms with Gasteiger partial charge in [0.15, 0.2) is 0 Å². The van der Waals surface area contributed by atoms with E-state index in [1.54, 1.807) is 25.1 Å². The number of nitro groups is 1. The Balaban J connectivity index is 1.76. The number of non-ortho nitro benzene ring substituents is 1. The van der Waals surface area contributed by atoms with E-state index in [0.717, 1.165) is 5.56 Å². The molecular weight excluding hydrogens is 402 g/mol. The van der Waals surface area contributed by atoms with Gasteiger partial charge in [-0.3, -0.25) is 14.9 Å². The van der Waals surface area contributed by atoms with E-state index >= 15 is 0 Å². The lowest BCUT2D eigenvalue weighted by Crippen LogP contribution is -2.14. The molecule has 0 aliphatic carbocycles. The van der Waals surface area contributed by atoms with Gasteiger partial charge < -0.3 is 5.32 Å². The topological polar surface area (TPSA) is 85.1 Å². The highest BCUT2D eigenvalue weighted by Gasteiger charge is 2.16. The Morgan fingerprint density at radius 3 is 2.47 bits per heavy atom. The molecule has 0 bridgehead atoms. The van der Waals surface area contributed by atoms with Crippen LogP contribution in [0.4, 0.5) is 11.4 Å². The number of hydrogen-bond acceptors (Lipinski definition) is 4. The Kier molecular flexibility index (Phi) is 5.16. The zero-order valence-electron chi connectivity index (χ0n) is 15.9. The number of hydrogen-bond donors (Lipinski definition) is 1. The fraction of sp³-hybridized carbons (Fsp3) is 0.0435. The highest BCUT2D eigenvalue weighted by molar-refractivity contribution is 6.30. The molecule has 30 heavy (non-hydrogen) atoms. The minimum atomic E-state index is -0.465. The second kappa shape index (κ2) is 7.93. The number of nitro benzene ring substituents is 1. The fourth-order valence-electron chi connectivity index (χ4n) is 3.22. The second-order valence-corrected chi connectivity index (χ2v) is 7.23. The maximum Gasteiger partial charge on any atom is 0.269 e. The minimum absolute atomic E-state index is 0.0233. The molecule has 0 saturated carbocycles. The van der Waals surface area contributed by atoms with Crippen molar-refractivity contribution < 1.29 is 9.72 Å². The van der Waals surface area contributed by atoms with Crippen LogP contribution >= 0.6 is 11.6 Å². The molecule has 0 saturated heterocycles. The van der Waals surface area contributed by atoms with E-state index in [2.05, 4.69) is 10.3 Å². The summed E-state index contributed by atoms with van der Waals surface area (Å²) in [7, 11) is 0. The number of pyridine rings is 1. The lowest BCUT2D eigenvalue weighted by molar-refractivity contribution is -0.384. The van der Waals surface area contributed by atoms with Gasteiger partial charge in [0, 0.05) is 33.8 Å². The van der Waals surface area contributed by atoms with Gasteiger partial charge in [-0.05, 0) is 42.8 Å². The zero-order valence-corrected chi connectivity index (χ0v) is 16.7. The summed E-state index contributed by atoms with van der Waals surface area (Å²) in [6, 6.07) is 20.7. The Morgan fingerprint density at radius 1 is 1.03 bits per heavy atom. The van der Waals surface area contributed by atoms with Crippen LogP contribution in [0.2, 0.25) is 5.02 Å². The van der Waals surface area contributed by atoms with Crippen molar-refractivity contribution in [2.45, 2.75) is 6.92 Å². The van der Waals surface area contributed by atoms with Crippen molar-refractivity contribution in [2.24, 2.45) is 0 Å². The molecule has 1 N–H and O–H groups in total.